The number of halogens is 1. The molecular formula is C17H22ClNO2. The van der Waals surface area contributed by atoms with Crippen LogP contribution in [0.4, 0.5) is 5.69 Å². The lowest BCUT2D eigenvalue weighted by atomic mass is 9.91. The summed E-state index contributed by atoms with van der Waals surface area (Å²) in [6.07, 6.45) is 2.86. The first-order chi connectivity index (χ1) is 9.81. The van der Waals surface area contributed by atoms with Gasteiger partial charge in [-0.1, -0.05) is 24.1 Å². The molecule has 0 aromatic heterocycles. The van der Waals surface area contributed by atoms with Crippen molar-refractivity contribution in [3.8, 4) is 5.75 Å². The second-order valence-corrected chi connectivity index (χ2v) is 6.38. The zero-order valence-electron chi connectivity index (χ0n) is 13.0. The van der Waals surface area contributed by atoms with E-state index >= 15 is 0 Å². The molecule has 0 bridgehead atoms. The van der Waals surface area contributed by atoms with Gasteiger partial charge in [0.2, 0.25) is 0 Å². The summed E-state index contributed by atoms with van der Waals surface area (Å²) in [5.74, 6) is 0.806. The number of ether oxygens (including phenoxy) is 1. The van der Waals surface area contributed by atoms with Crippen molar-refractivity contribution in [1.29, 1.82) is 0 Å². The Hall–Kier alpha value is -1.32. The molecule has 0 radical (unpaired) electrons. The Balaban J connectivity index is 2.27. The molecule has 1 heterocycles. The Morgan fingerprint density at radius 1 is 1.52 bits per heavy atom. The molecule has 0 saturated carbocycles. The molecular weight excluding hydrogens is 286 g/mol. The van der Waals surface area contributed by atoms with E-state index in [1.54, 1.807) is 0 Å². The van der Waals surface area contributed by atoms with Crippen LogP contribution in [-0.2, 0) is 6.42 Å². The maximum absolute atomic E-state index is 10.1. The van der Waals surface area contributed by atoms with Crippen LogP contribution in [0.2, 0.25) is 0 Å². The number of fused-ring (bicyclic) bond motifs is 1. The van der Waals surface area contributed by atoms with E-state index in [-0.39, 0.29) is 0 Å². The third kappa shape index (κ3) is 3.86. The maximum Gasteiger partial charge on any atom is 0.129 e. The lowest BCUT2D eigenvalue weighted by Gasteiger charge is -2.37. The minimum Gasteiger partial charge on any atom is -0.485 e. The molecule has 4 heteroatoms. The first kappa shape index (κ1) is 16.1. The van der Waals surface area contributed by atoms with Crippen molar-refractivity contribution in [2.75, 3.05) is 0 Å². The van der Waals surface area contributed by atoms with Crippen LogP contribution in [0.5, 0.6) is 5.75 Å². The van der Waals surface area contributed by atoms with E-state index in [0.717, 1.165) is 23.4 Å². The largest absolute Gasteiger partial charge is 0.485 e. The van der Waals surface area contributed by atoms with Crippen LogP contribution in [0.1, 0.15) is 39.7 Å². The summed E-state index contributed by atoms with van der Waals surface area (Å²) in [6.45, 7) is 7.89. The second kappa shape index (κ2) is 6.20. The molecule has 1 N–H and O–H groups in total. The molecule has 1 unspecified atom stereocenters. The summed E-state index contributed by atoms with van der Waals surface area (Å²) in [5, 5.41) is 10.6. The van der Waals surface area contributed by atoms with Gasteiger partial charge in [-0.15, -0.1) is 0 Å². The van der Waals surface area contributed by atoms with Crippen LogP contribution in [0.25, 0.3) is 0 Å². The fourth-order valence-electron chi connectivity index (χ4n) is 2.16. The number of rotatable bonds is 3. The molecule has 114 valence electrons. The van der Waals surface area contributed by atoms with Crippen molar-refractivity contribution < 1.29 is 9.84 Å². The SMILES string of the molecule is CC/C(C)=C\C(Cl)=Nc1ccc2c(c1)CC(O)C(C)(C)O2. The van der Waals surface area contributed by atoms with E-state index < -0.39 is 11.7 Å². The summed E-state index contributed by atoms with van der Waals surface area (Å²) < 4.78 is 5.83. The molecule has 1 aromatic carbocycles. The monoisotopic (exact) mass is 307 g/mol. The van der Waals surface area contributed by atoms with E-state index in [4.69, 9.17) is 16.3 Å². The highest BCUT2D eigenvalue weighted by molar-refractivity contribution is 6.68. The van der Waals surface area contributed by atoms with E-state index in [0.29, 0.717) is 11.6 Å². The fourth-order valence-corrected chi connectivity index (χ4v) is 2.44. The standard InChI is InChI=1S/C17H22ClNO2/c1-5-11(2)8-16(18)19-13-6-7-14-12(9-13)10-15(20)17(3,4)21-14/h6-9,15,20H,5,10H2,1-4H3/b11-8-,19-16?. The van der Waals surface area contributed by atoms with Gasteiger partial charge in [-0.2, -0.15) is 0 Å². The maximum atomic E-state index is 10.1. The quantitative estimate of drug-likeness (QED) is 0.842. The van der Waals surface area contributed by atoms with Crippen molar-refractivity contribution in [3.63, 3.8) is 0 Å². The number of hydrogen-bond donors (Lipinski definition) is 1. The topological polar surface area (TPSA) is 41.8 Å². The van der Waals surface area contributed by atoms with E-state index in [9.17, 15) is 5.11 Å². The Bertz CT molecular complexity index is 590. The summed E-state index contributed by atoms with van der Waals surface area (Å²) in [4.78, 5) is 4.38. The summed E-state index contributed by atoms with van der Waals surface area (Å²) in [7, 11) is 0. The fraction of sp³-hybridized carbons (Fsp3) is 0.471. The molecule has 0 spiro atoms. The number of allylic oxidation sites excluding steroid dienone is 2. The number of aliphatic hydroxyl groups excluding tert-OH is 1. The summed E-state index contributed by atoms with van der Waals surface area (Å²) in [6, 6.07) is 5.69. The smallest absolute Gasteiger partial charge is 0.129 e. The molecule has 0 saturated heterocycles. The Morgan fingerprint density at radius 2 is 2.24 bits per heavy atom. The highest BCUT2D eigenvalue weighted by Gasteiger charge is 2.35. The lowest BCUT2D eigenvalue weighted by molar-refractivity contribution is -0.0411. The van der Waals surface area contributed by atoms with Crippen molar-refractivity contribution in [3.05, 3.63) is 35.4 Å². The van der Waals surface area contributed by atoms with E-state index in [1.807, 2.05) is 45.0 Å². The van der Waals surface area contributed by atoms with Gasteiger partial charge in [0.25, 0.3) is 0 Å². The summed E-state index contributed by atoms with van der Waals surface area (Å²) in [5.41, 5.74) is 2.36. The normalized spacial score (nSPS) is 21.7. The van der Waals surface area contributed by atoms with Gasteiger partial charge in [0.15, 0.2) is 0 Å². The molecule has 2 rings (SSSR count). The average molecular weight is 308 g/mol. The van der Waals surface area contributed by atoms with Gasteiger partial charge in [-0.05, 0) is 57.0 Å². The lowest BCUT2D eigenvalue weighted by Crippen LogP contribution is -2.46. The van der Waals surface area contributed by atoms with E-state index in [2.05, 4.69) is 11.9 Å². The molecule has 3 nitrogen and oxygen atoms in total. The minimum absolute atomic E-state index is 0.465. The van der Waals surface area contributed by atoms with Gasteiger partial charge >= 0.3 is 0 Å². The molecule has 0 fully saturated rings. The van der Waals surface area contributed by atoms with Crippen LogP contribution in [0.15, 0.2) is 34.8 Å². The first-order valence-electron chi connectivity index (χ1n) is 7.23. The van der Waals surface area contributed by atoms with Crippen LogP contribution in [-0.4, -0.2) is 22.0 Å². The number of hydrogen-bond acceptors (Lipinski definition) is 3. The molecule has 0 aliphatic carbocycles. The third-order valence-corrected chi connectivity index (χ3v) is 3.99. The van der Waals surface area contributed by atoms with Crippen molar-refractivity contribution in [1.82, 2.24) is 0 Å². The van der Waals surface area contributed by atoms with Crippen molar-refractivity contribution in [2.24, 2.45) is 4.99 Å². The van der Waals surface area contributed by atoms with Crippen molar-refractivity contribution >= 4 is 22.5 Å². The van der Waals surface area contributed by atoms with Crippen LogP contribution in [0.3, 0.4) is 0 Å². The van der Waals surface area contributed by atoms with Gasteiger partial charge in [0, 0.05) is 6.42 Å². The number of benzene rings is 1. The summed E-state index contributed by atoms with van der Waals surface area (Å²) >= 11 is 6.14. The second-order valence-electron chi connectivity index (χ2n) is 6.00. The zero-order valence-corrected chi connectivity index (χ0v) is 13.7. The number of aliphatic hydroxyl groups is 1. The van der Waals surface area contributed by atoms with Gasteiger partial charge in [-0.25, -0.2) is 4.99 Å². The highest BCUT2D eigenvalue weighted by atomic mass is 35.5. The Kier molecular flexibility index (Phi) is 4.74. The van der Waals surface area contributed by atoms with Gasteiger partial charge < -0.3 is 9.84 Å². The van der Waals surface area contributed by atoms with Crippen LogP contribution >= 0.6 is 11.6 Å². The third-order valence-electron chi connectivity index (χ3n) is 3.79. The Labute approximate surface area is 131 Å². The molecule has 0 amide bonds. The van der Waals surface area contributed by atoms with Gasteiger partial charge in [0.1, 0.15) is 16.5 Å². The van der Waals surface area contributed by atoms with Crippen molar-refractivity contribution in [2.45, 2.75) is 52.2 Å². The number of aliphatic imine (C=N–C) groups is 1. The zero-order chi connectivity index (χ0) is 15.6. The molecule has 1 aliphatic heterocycles. The molecule has 1 atom stereocenters. The number of nitrogens with zero attached hydrogens (tertiary/aromatic N) is 1. The predicted molar refractivity (Wildman–Crippen MR) is 87.9 cm³/mol. The Morgan fingerprint density at radius 3 is 2.90 bits per heavy atom. The van der Waals surface area contributed by atoms with Gasteiger partial charge in [-0.3, -0.25) is 0 Å². The van der Waals surface area contributed by atoms with E-state index in [1.165, 1.54) is 5.57 Å². The average Bonchev–Trinajstić information content (AvgIpc) is 2.40. The molecule has 1 aromatic rings. The molecule has 21 heavy (non-hydrogen) atoms. The van der Waals surface area contributed by atoms with Gasteiger partial charge in [0.05, 0.1) is 11.8 Å². The minimum atomic E-state index is -0.559. The van der Waals surface area contributed by atoms with Crippen LogP contribution in [0, 0.1) is 0 Å². The molecule has 1 aliphatic rings. The highest BCUT2D eigenvalue weighted by Crippen LogP contribution is 2.35. The predicted octanol–water partition coefficient (Wildman–Crippen LogP) is 4.39. The first-order valence-corrected chi connectivity index (χ1v) is 7.61. The van der Waals surface area contributed by atoms with Crippen LogP contribution < -0.4 is 4.74 Å².